The molecule has 51 heavy (non-hydrogen) atoms. The van der Waals surface area contributed by atoms with Gasteiger partial charge in [0.1, 0.15) is 5.58 Å². The van der Waals surface area contributed by atoms with Crippen molar-refractivity contribution < 1.29 is 24.5 Å². The van der Waals surface area contributed by atoms with Gasteiger partial charge in [-0.1, -0.05) is 111 Å². The molecule has 3 heterocycles. The molecule has 0 atom stereocenters. The van der Waals surface area contributed by atoms with Gasteiger partial charge in [0.05, 0.1) is 17.2 Å². The maximum absolute atomic E-state index is 9.91. The van der Waals surface area contributed by atoms with Crippen molar-refractivity contribution in [1.29, 1.82) is 5.26 Å². The van der Waals surface area contributed by atoms with Crippen LogP contribution in [0.3, 0.4) is 0 Å². The van der Waals surface area contributed by atoms with Gasteiger partial charge in [0.25, 0.3) is 0 Å². The van der Waals surface area contributed by atoms with Gasteiger partial charge in [-0.25, -0.2) is 0 Å². The first-order valence-electron chi connectivity index (χ1n) is 16.6. The molecule has 0 saturated heterocycles. The van der Waals surface area contributed by atoms with Crippen LogP contribution in [0, 0.1) is 30.4 Å². The Morgan fingerprint density at radius 2 is 1.41 bits per heavy atom. The first-order chi connectivity index (χ1) is 24.3. The third kappa shape index (κ3) is 7.30. The van der Waals surface area contributed by atoms with E-state index < -0.39 is 0 Å². The zero-order valence-electron chi connectivity index (χ0n) is 28.9. The number of furan rings is 1. The summed E-state index contributed by atoms with van der Waals surface area (Å²) in [7, 11) is 0. The van der Waals surface area contributed by atoms with Crippen LogP contribution in [-0.4, -0.2) is 9.97 Å². The molecule has 0 unspecified atom stereocenters. The topological polar surface area (TPSA) is 62.7 Å². The summed E-state index contributed by atoms with van der Waals surface area (Å²) in [5, 5.41) is 11.9. The number of fused-ring (bicyclic) bond motifs is 3. The van der Waals surface area contributed by atoms with Crippen LogP contribution < -0.4 is 0 Å². The van der Waals surface area contributed by atoms with Gasteiger partial charge in [-0.05, 0) is 63.7 Å². The number of aryl methyl sites for hydroxylation is 1. The van der Waals surface area contributed by atoms with Gasteiger partial charge in [0, 0.05) is 43.4 Å². The Labute approximate surface area is 312 Å². The summed E-state index contributed by atoms with van der Waals surface area (Å²) in [4.78, 5) is 8.97. The first-order valence-corrected chi connectivity index (χ1v) is 16.6. The average molecular weight is 838 g/mol. The van der Waals surface area contributed by atoms with Crippen LogP contribution in [0.5, 0.6) is 0 Å². The van der Waals surface area contributed by atoms with Crippen molar-refractivity contribution in [2.75, 3.05) is 0 Å². The minimum Gasteiger partial charge on any atom is -0.500 e. The number of hydrogen-bond acceptors (Lipinski definition) is 4. The molecule has 4 nitrogen and oxygen atoms in total. The quantitative estimate of drug-likeness (QED) is 0.166. The van der Waals surface area contributed by atoms with E-state index in [9.17, 15) is 5.26 Å². The molecule has 5 heteroatoms. The zero-order chi connectivity index (χ0) is 34.7. The number of nitriles is 1. The van der Waals surface area contributed by atoms with Crippen LogP contribution in [0.2, 0.25) is 0 Å². The fraction of sp³-hybridized carbons (Fsp3) is 0.109. The summed E-state index contributed by atoms with van der Waals surface area (Å²) < 4.78 is 6.48. The van der Waals surface area contributed by atoms with Gasteiger partial charge in [-0.3, -0.25) is 0 Å². The first kappa shape index (κ1) is 35.2. The van der Waals surface area contributed by atoms with Gasteiger partial charge in [0.2, 0.25) is 0 Å². The monoisotopic (exact) mass is 838 g/mol. The number of benzene rings is 5. The third-order valence-corrected chi connectivity index (χ3v) is 8.89. The Bertz CT molecular complexity index is 2460. The summed E-state index contributed by atoms with van der Waals surface area (Å²) in [6, 6.07) is 51.1. The van der Waals surface area contributed by atoms with Gasteiger partial charge < -0.3 is 14.4 Å². The van der Waals surface area contributed by atoms with E-state index in [1.165, 1.54) is 16.7 Å². The van der Waals surface area contributed by atoms with Crippen molar-refractivity contribution in [2.45, 2.75) is 33.1 Å². The van der Waals surface area contributed by atoms with E-state index in [2.05, 4.69) is 110 Å². The van der Waals surface area contributed by atoms with Crippen molar-refractivity contribution >= 4 is 21.9 Å². The van der Waals surface area contributed by atoms with Crippen molar-refractivity contribution in [3.8, 4) is 50.8 Å². The van der Waals surface area contributed by atoms with E-state index >= 15 is 0 Å². The van der Waals surface area contributed by atoms with E-state index in [-0.39, 0.29) is 25.5 Å². The molecule has 3 aromatic heterocycles. The van der Waals surface area contributed by atoms with Crippen molar-refractivity contribution in [3.05, 3.63) is 169 Å². The van der Waals surface area contributed by atoms with Gasteiger partial charge in [0.15, 0.2) is 0 Å². The smallest absolute Gasteiger partial charge is 0.130 e. The maximum atomic E-state index is 9.91. The summed E-state index contributed by atoms with van der Waals surface area (Å²) in [5.74, 6) is 0. The van der Waals surface area contributed by atoms with E-state index in [1.54, 1.807) is 6.20 Å². The summed E-state index contributed by atoms with van der Waals surface area (Å²) in [6.07, 6.45) is 3.72. The molecule has 251 valence electrons. The second kappa shape index (κ2) is 15.1. The van der Waals surface area contributed by atoms with Crippen LogP contribution in [0.1, 0.15) is 37.5 Å². The Balaban J connectivity index is 0.000000222. The second-order valence-corrected chi connectivity index (χ2v) is 13.2. The molecule has 1 radical (unpaired) electrons. The summed E-state index contributed by atoms with van der Waals surface area (Å²) in [6.45, 7) is 8.69. The molecule has 0 aliphatic rings. The number of pyridine rings is 2. The number of hydrogen-bond donors (Lipinski definition) is 0. The summed E-state index contributed by atoms with van der Waals surface area (Å²) in [5.41, 5.74) is 12.4. The fourth-order valence-corrected chi connectivity index (χ4v) is 6.15. The molecule has 0 aliphatic heterocycles. The number of nitrogens with zero attached hydrogens (tertiary/aromatic N) is 3. The van der Waals surface area contributed by atoms with E-state index in [4.69, 9.17) is 4.42 Å². The predicted octanol–water partition coefficient (Wildman–Crippen LogP) is 11.8. The molecule has 0 saturated carbocycles. The zero-order valence-corrected chi connectivity index (χ0v) is 31.3. The van der Waals surface area contributed by atoms with Crippen LogP contribution in [0.15, 0.2) is 144 Å². The molecule has 0 fully saturated rings. The molecule has 5 aromatic carbocycles. The molecular formula is C46H35IrN3O-2. The maximum Gasteiger partial charge on any atom is 0.130 e. The molecule has 0 amide bonds. The van der Waals surface area contributed by atoms with Crippen molar-refractivity contribution in [1.82, 2.24) is 9.97 Å². The Hall–Kier alpha value is -5.66. The number of aromatic nitrogens is 2. The van der Waals surface area contributed by atoms with E-state index in [1.807, 2.05) is 79.0 Å². The SMILES string of the molecule is CC(C)(C)c1ccc(-c2[c-]cccc2)nc1.Cc1ccccc1-c1ccc(-c2c(C#N)ccc3c2oc2c(-c4ccccn4)[c-]ccc23)cc1.[Ir]. The van der Waals surface area contributed by atoms with Crippen LogP contribution in [-0.2, 0) is 25.5 Å². The third-order valence-electron chi connectivity index (χ3n) is 8.89. The van der Waals surface area contributed by atoms with Gasteiger partial charge in [-0.2, -0.15) is 5.26 Å². The van der Waals surface area contributed by atoms with Crippen LogP contribution >= 0.6 is 0 Å². The minimum atomic E-state index is 0. The van der Waals surface area contributed by atoms with Crippen LogP contribution in [0.4, 0.5) is 0 Å². The molecule has 8 rings (SSSR count). The van der Waals surface area contributed by atoms with E-state index in [0.29, 0.717) is 11.1 Å². The molecule has 0 bridgehead atoms. The standard InChI is InChI=1S/C31H19N2O.C15H16N.Ir/c1-20-7-2-3-8-24(20)21-12-14-22(15-13-21)29-23(19-32)16-17-26-25-9-6-10-27(30(25)34-31(26)29)28-11-4-5-18-33-28;1-15(2,3)13-9-10-14(16-11-13)12-7-5-4-6-8-12;/h2-9,11-18H,1H3;4-7,9-11H,1-3H3;/q2*-1;. The van der Waals surface area contributed by atoms with Crippen molar-refractivity contribution in [3.63, 3.8) is 0 Å². The minimum absolute atomic E-state index is 0. The Kier molecular flexibility index (Phi) is 10.4. The largest absolute Gasteiger partial charge is 0.500 e. The van der Waals surface area contributed by atoms with Gasteiger partial charge in [-0.15, -0.1) is 54.1 Å². The van der Waals surface area contributed by atoms with Crippen molar-refractivity contribution in [2.24, 2.45) is 0 Å². The second-order valence-electron chi connectivity index (χ2n) is 13.2. The fourth-order valence-electron chi connectivity index (χ4n) is 6.15. The predicted molar refractivity (Wildman–Crippen MR) is 203 cm³/mol. The summed E-state index contributed by atoms with van der Waals surface area (Å²) >= 11 is 0. The number of rotatable bonds is 4. The average Bonchev–Trinajstić information content (AvgIpc) is 3.54. The van der Waals surface area contributed by atoms with Gasteiger partial charge >= 0.3 is 0 Å². The molecule has 0 aliphatic carbocycles. The van der Waals surface area contributed by atoms with E-state index in [0.717, 1.165) is 55.6 Å². The molecule has 0 spiro atoms. The Morgan fingerprint density at radius 3 is 2.08 bits per heavy atom. The van der Waals surface area contributed by atoms with Crippen LogP contribution in [0.25, 0.3) is 66.7 Å². The molecule has 0 N–H and O–H groups in total. The molecular weight excluding hydrogens is 803 g/mol. The molecule has 8 aromatic rings. The Morgan fingerprint density at radius 1 is 0.667 bits per heavy atom. The normalized spacial score (nSPS) is 11.0.